The maximum absolute atomic E-state index is 3.64. The average molecular weight is 229 g/mol. The van der Waals surface area contributed by atoms with Crippen LogP contribution in [0.25, 0.3) is 0 Å². The number of nitrogens with one attached hydrogen (secondary N) is 1. The van der Waals surface area contributed by atoms with Crippen LogP contribution < -0.4 is 5.32 Å². The van der Waals surface area contributed by atoms with Crippen molar-refractivity contribution in [2.75, 3.05) is 18.1 Å². The van der Waals surface area contributed by atoms with Crippen LogP contribution in [-0.2, 0) is 0 Å². The maximum Gasteiger partial charge on any atom is 0.00695 e. The normalized spacial score (nSPS) is 27.6. The molecule has 1 N–H and O–H groups in total. The van der Waals surface area contributed by atoms with Crippen LogP contribution in [0.15, 0.2) is 0 Å². The summed E-state index contributed by atoms with van der Waals surface area (Å²) < 4.78 is 0. The Kier molecular flexibility index (Phi) is 7.54. The molecule has 2 atom stereocenters. The molecule has 0 aromatic carbocycles. The van der Waals surface area contributed by atoms with Crippen molar-refractivity contribution in [3.05, 3.63) is 0 Å². The molecule has 2 unspecified atom stereocenters. The van der Waals surface area contributed by atoms with Crippen LogP contribution in [0.1, 0.15) is 52.4 Å². The van der Waals surface area contributed by atoms with Crippen LogP contribution in [0.4, 0.5) is 0 Å². The van der Waals surface area contributed by atoms with Crippen molar-refractivity contribution >= 4 is 11.8 Å². The van der Waals surface area contributed by atoms with Gasteiger partial charge in [0.25, 0.3) is 0 Å². The second-order valence-corrected chi connectivity index (χ2v) is 6.02. The van der Waals surface area contributed by atoms with E-state index in [0.29, 0.717) is 0 Å². The lowest BCUT2D eigenvalue weighted by molar-refractivity contribution is 0.384. The Hall–Kier alpha value is 0.310. The first-order valence-corrected chi connectivity index (χ1v) is 7.83. The molecule has 0 spiro atoms. The molecule has 0 aliphatic heterocycles. The minimum Gasteiger partial charge on any atom is -0.314 e. The predicted octanol–water partition coefficient (Wildman–Crippen LogP) is 3.69. The topological polar surface area (TPSA) is 12.0 Å². The Morgan fingerprint density at radius 2 is 2.00 bits per heavy atom. The second kappa shape index (κ2) is 8.46. The minimum absolute atomic E-state index is 0.814. The van der Waals surface area contributed by atoms with Gasteiger partial charge in [0.1, 0.15) is 0 Å². The van der Waals surface area contributed by atoms with Crippen LogP contribution in [0.3, 0.4) is 0 Å². The fraction of sp³-hybridized carbons (Fsp3) is 1.00. The van der Waals surface area contributed by atoms with Crippen molar-refractivity contribution in [3.63, 3.8) is 0 Å². The molecule has 1 fully saturated rings. The van der Waals surface area contributed by atoms with Crippen molar-refractivity contribution in [2.45, 2.75) is 58.4 Å². The Balaban J connectivity index is 2.22. The van der Waals surface area contributed by atoms with E-state index in [9.17, 15) is 0 Å². The third kappa shape index (κ3) is 5.82. The average Bonchev–Trinajstić information content (AvgIpc) is 2.45. The van der Waals surface area contributed by atoms with Gasteiger partial charge in [0.15, 0.2) is 0 Å². The lowest BCUT2D eigenvalue weighted by atomic mass is 9.95. The summed E-state index contributed by atoms with van der Waals surface area (Å²) >= 11 is 2.10. The summed E-state index contributed by atoms with van der Waals surface area (Å²) in [6.07, 6.45) is 8.66. The molecule has 90 valence electrons. The van der Waals surface area contributed by atoms with Crippen LogP contribution >= 0.6 is 11.8 Å². The van der Waals surface area contributed by atoms with Crippen molar-refractivity contribution < 1.29 is 0 Å². The van der Waals surface area contributed by atoms with Gasteiger partial charge in [-0.3, -0.25) is 0 Å². The highest BCUT2D eigenvalue weighted by molar-refractivity contribution is 7.99. The lowest BCUT2D eigenvalue weighted by Crippen LogP contribution is -2.29. The van der Waals surface area contributed by atoms with Gasteiger partial charge >= 0.3 is 0 Å². The van der Waals surface area contributed by atoms with E-state index in [-0.39, 0.29) is 0 Å². The largest absolute Gasteiger partial charge is 0.314 e. The fourth-order valence-electron chi connectivity index (χ4n) is 2.59. The third-order valence-corrected chi connectivity index (χ3v) is 4.33. The van der Waals surface area contributed by atoms with E-state index < -0.39 is 0 Å². The maximum atomic E-state index is 3.64. The van der Waals surface area contributed by atoms with Gasteiger partial charge in [0, 0.05) is 6.04 Å². The zero-order valence-electron chi connectivity index (χ0n) is 10.4. The number of rotatable bonds is 6. The van der Waals surface area contributed by atoms with Gasteiger partial charge in [-0.05, 0) is 43.2 Å². The summed E-state index contributed by atoms with van der Waals surface area (Å²) in [7, 11) is 0. The van der Waals surface area contributed by atoms with E-state index in [2.05, 4.69) is 30.9 Å². The molecule has 0 saturated heterocycles. The van der Waals surface area contributed by atoms with Gasteiger partial charge in [-0.25, -0.2) is 0 Å². The molecule has 1 aliphatic rings. The van der Waals surface area contributed by atoms with Gasteiger partial charge in [-0.15, -0.1) is 0 Å². The summed E-state index contributed by atoms with van der Waals surface area (Å²) in [5.41, 5.74) is 0. The summed E-state index contributed by atoms with van der Waals surface area (Å²) in [4.78, 5) is 0. The molecule has 2 heteroatoms. The summed E-state index contributed by atoms with van der Waals surface area (Å²) in [6, 6.07) is 0.814. The molecule has 1 aliphatic carbocycles. The Morgan fingerprint density at radius 3 is 2.73 bits per heavy atom. The van der Waals surface area contributed by atoms with E-state index in [1.54, 1.807) is 0 Å². The van der Waals surface area contributed by atoms with Crippen molar-refractivity contribution in [2.24, 2.45) is 5.92 Å². The van der Waals surface area contributed by atoms with Crippen LogP contribution in [0.5, 0.6) is 0 Å². The molecule has 0 heterocycles. The highest BCUT2D eigenvalue weighted by atomic mass is 32.2. The number of hydrogen-bond donors (Lipinski definition) is 1. The molecule has 15 heavy (non-hydrogen) atoms. The van der Waals surface area contributed by atoms with Crippen molar-refractivity contribution in [1.29, 1.82) is 0 Å². The van der Waals surface area contributed by atoms with Gasteiger partial charge in [-0.2, -0.15) is 11.8 Å². The lowest BCUT2D eigenvalue weighted by Gasteiger charge is -2.20. The second-order valence-electron chi connectivity index (χ2n) is 4.63. The van der Waals surface area contributed by atoms with E-state index in [1.807, 2.05) is 0 Å². The zero-order chi connectivity index (χ0) is 10.9. The minimum atomic E-state index is 0.814. The molecule has 1 saturated carbocycles. The van der Waals surface area contributed by atoms with Gasteiger partial charge < -0.3 is 5.32 Å². The first-order valence-electron chi connectivity index (χ1n) is 6.68. The molecular formula is C13H27NS. The Labute approximate surface area is 99.8 Å². The molecular weight excluding hydrogens is 202 g/mol. The first-order chi connectivity index (χ1) is 7.36. The fourth-order valence-corrected chi connectivity index (χ4v) is 3.38. The highest BCUT2D eigenvalue weighted by Crippen LogP contribution is 2.27. The predicted molar refractivity (Wildman–Crippen MR) is 71.7 cm³/mol. The van der Waals surface area contributed by atoms with Crippen LogP contribution in [-0.4, -0.2) is 24.1 Å². The smallest absolute Gasteiger partial charge is 0.00695 e. The summed E-state index contributed by atoms with van der Waals surface area (Å²) in [5.74, 6) is 3.65. The third-order valence-electron chi connectivity index (χ3n) is 3.40. The van der Waals surface area contributed by atoms with E-state index >= 15 is 0 Å². The quantitative estimate of drug-likeness (QED) is 0.551. The SMILES string of the molecule is CCNC1CCCCC(CCSCC)C1. The van der Waals surface area contributed by atoms with Crippen LogP contribution in [0, 0.1) is 5.92 Å². The monoisotopic (exact) mass is 229 g/mol. The molecule has 0 aromatic rings. The molecule has 0 radical (unpaired) electrons. The number of hydrogen-bond acceptors (Lipinski definition) is 2. The van der Waals surface area contributed by atoms with Gasteiger partial charge in [0.05, 0.1) is 0 Å². The number of thioether (sulfide) groups is 1. The Morgan fingerprint density at radius 1 is 1.20 bits per heavy atom. The molecule has 1 nitrogen and oxygen atoms in total. The summed E-state index contributed by atoms with van der Waals surface area (Å²) in [6.45, 7) is 5.63. The molecule has 0 bridgehead atoms. The van der Waals surface area contributed by atoms with E-state index in [4.69, 9.17) is 0 Å². The van der Waals surface area contributed by atoms with Crippen LogP contribution in [0.2, 0.25) is 0 Å². The van der Waals surface area contributed by atoms with Crippen molar-refractivity contribution in [1.82, 2.24) is 5.32 Å². The standard InChI is InChI=1S/C13H27NS/c1-3-14-13-8-6-5-7-12(11-13)9-10-15-4-2/h12-14H,3-11H2,1-2H3. The molecule has 1 rings (SSSR count). The van der Waals surface area contributed by atoms with E-state index in [1.165, 1.54) is 50.0 Å². The van der Waals surface area contributed by atoms with Gasteiger partial charge in [0.2, 0.25) is 0 Å². The Bertz CT molecular complexity index is 149. The van der Waals surface area contributed by atoms with E-state index in [0.717, 1.165) is 18.5 Å². The zero-order valence-corrected chi connectivity index (χ0v) is 11.2. The highest BCUT2D eigenvalue weighted by Gasteiger charge is 2.18. The van der Waals surface area contributed by atoms with Crippen molar-refractivity contribution in [3.8, 4) is 0 Å². The van der Waals surface area contributed by atoms with Gasteiger partial charge in [-0.1, -0.05) is 33.1 Å². The summed E-state index contributed by atoms with van der Waals surface area (Å²) in [5, 5.41) is 3.64. The molecule has 0 aromatic heterocycles. The first kappa shape index (κ1) is 13.4. The molecule has 0 amide bonds.